The van der Waals surface area contributed by atoms with E-state index in [1.807, 2.05) is 54.6 Å². The van der Waals surface area contributed by atoms with Crippen molar-refractivity contribution in [3.05, 3.63) is 99.5 Å². The van der Waals surface area contributed by atoms with Crippen molar-refractivity contribution in [2.75, 3.05) is 23.7 Å². The smallest absolute Gasteiger partial charge is 0.243 e. The molecule has 0 aliphatic carbocycles. The van der Waals surface area contributed by atoms with Gasteiger partial charge in [-0.1, -0.05) is 89.4 Å². The van der Waals surface area contributed by atoms with Gasteiger partial charge in [-0.3, -0.25) is 13.9 Å². The van der Waals surface area contributed by atoms with Crippen LogP contribution in [-0.2, 0) is 32.6 Å². The first-order valence-electron chi connectivity index (χ1n) is 13.7. The summed E-state index contributed by atoms with van der Waals surface area (Å²) >= 11 is 9.61. The number of nitrogens with one attached hydrogen (secondary N) is 1. The Balaban J connectivity index is 1.87. The highest BCUT2D eigenvalue weighted by atomic mass is 79.9. The maximum Gasteiger partial charge on any atom is 0.243 e. The van der Waals surface area contributed by atoms with Gasteiger partial charge in [0.25, 0.3) is 0 Å². The van der Waals surface area contributed by atoms with Gasteiger partial charge in [0, 0.05) is 42.0 Å². The Labute approximate surface area is 257 Å². The minimum atomic E-state index is -3.61. The summed E-state index contributed by atoms with van der Waals surface area (Å²) in [6, 6.07) is 23.2. The second-order valence-corrected chi connectivity index (χ2v) is 13.2. The van der Waals surface area contributed by atoms with E-state index < -0.39 is 16.1 Å². The fourth-order valence-corrected chi connectivity index (χ4v) is 6.12. The van der Waals surface area contributed by atoms with Crippen molar-refractivity contribution in [1.29, 1.82) is 0 Å². The molecule has 1 atom stereocenters. The zero-order chi connectivity index (χ0) is 29.8. The van der Waals surface area contributed by atoms with E-state index in [9.17, 15) is 18.0 Å². The fourth-order valence-electron chi connectivity index (χ4n) is 4.53. The minimum absolute atomic E-state index is 0.0636. The van der Waals surface area contributed by atoms with E-state index in [1.165, 1.54) is 4.31 Å². The van der Waals surface area contributed by atoms with Gasteiger partial charge in [-0.05, 0) is 54.3 Å². The predicted octanol–water partition coefficient (Wildman–Crippen LogP) is 6.21. The number of anilines is 1. The fraction of sp³-hybridized carbons (Fsp3) is 0.355. The number of benzene rings is 3. The molecule has 0 radical (unpaired) electrons. The van der Waals surface area contributed by atoms with Crippen LogP contribution in [0.3, 0.4) is 0 Å². The lowest BCUT2D eigenvalue weighted by molar-refractivity contribution is -0.141. The van der Waals surface area contributed by atoms with Crippen LogP contribution in [0.4, 0.5) is 5.69 Å². The molecule has 0 bridgehead atoms. The number of rotatable bonds is 15. The number of carbonyl (C=O) groups is 2. The topological polar surface area (TPSA) is 86.8 Å². The Hall–Kier alpha value is -2.88. The van der Waals surface area contributed by atoms with Crippen molar-refractivity contribution in [3.63, 3.8) is 0 Å². The number of halogens is 2. The first-order chi connectivity index (χ1) is 19.6. The van der Waals surface area contributed by atoms with Crippen molar-refractivity contribution in [2.45, 2.75) is 51.6 Å². The summed E-state index contributed by atoms with van der Waals surface area (Å²) in [6.07, 6.45) is 3.60. The molecule has 3 rings (SSSR count). The molecule has 0 aromatic heterocycles. The van der Waals surface area contributed by atoms with Gasteiger partial charge < -0.3 is 10.2 Å². The maximum absolute atomic E-state index is 13.9. The van der Waals surface area contributed by atoms with Gasteiger partial charge in [-0.15, -0.1) is 0 Å². The number of hydrogen-bond donors (Lipinski definition) is 1. The molecule has 10 heteroatoms. The first-order valence-corrected chi connectivity index (χ1v) is 16.7. The Morgan fingerprint density at radius 3 is 2.32 bits per heavy atom. The largest absolute Gasteiger partial charge is 0.354 e. The van der Waals surface area contributed by atoms with Crippen molar-refractivity contribution >= 4 is 55.1 Å². The van der Waals surface area contributed by atoms with Crippen LogP contribution in [0.1, 0.15) is 43.7 Å². The van der Waals surface area contributed by atoms with Crippen LogP contribution in [-0.4, -0.2) is 50.5 Å². The van der Waals surface area contributed by atoms with Crippen LogP contribution in [0.5, 0.6) is 0 Å². The lowest BCUT2D eigenvalue weighted by Gasteiger charge is -2.32. The van der Waals surface area contributed by atoms with E-state index in [4.69, 9.17) is 11.6 Å². The second kappa shape index (κ2) is 15.9. The summed E-state index contributed by atoms with van der Waals surface area (Å²) in [6.45, 7) is 2.92. The molecule has 0 saturated carbocycles. The number of amides is 2. The van der Waals surface area contributed by atoms with E-state index in [2.05, 4.69) is 28.2 Å². The average molecular weight is 663 g/mol. The van der Waals surface area contributed by atoms with Crippen LogP contribution in [0.15, 0.2) is 83.3 Å². The average Bonchev–Trinajstić information content (AvgIpc) is 2.93. The van der Waals surface area contributed by atoms with Crippen molar-refractivity contribution < 1.29 is 18.0 Å². The van der Waals surface area contributed by atoms with Gasteiger partial charge in [0.1, 0.15) is 6.04 Å². The third kappa shape index (κ3) is 10.5. The number of carbonyl (C=O) groups excluding carboxylic acids is 2. The SMILES string of the molecule is CCCCNC(=O)[C@@H](Cc1ccccc1)N(Cc1cccc(Br)c1)C(=O)CCCN(c1cccc(Cl)c1)S(C)(=O)=O. The first kappa shape index (κ1) is 32.6. The summed E-state index contributed by atoms with van der Waals surface area (Å²) in [7, 11) is -3.61. The molecule has 3 aromatic carbocycles. The Kier molecular flexibility index (Phi) is 12.7. The lowest BCUT2D eigenvalue weighted by atomic mass is 10.0. The molecule has 0 fully saturated rings. The molecule has 220 valence electrons. The third-order valence-electron chi connectivity index (χ3n) is 6.59. The lowest BCUT2D eigenvalue weighted by Crippen LogP contribution is -2.50. The Morgan fingerprint density at radius 2 is 1.66 bits per heavy atom. The van der Waals surface area contributed by atoms with E-state index >= 15 is 0 Å². The van der Waals surface area contributed by atoms with Gasteiger partial charge in [0.05, 0.1) is 11.9 Å². The van der Waals surface area contributed by atoms with Crippen molar-refractivity contribution in [1.82, 2.24) is 10.2 Å². The number of hydrogen-bond acceptors (Lipinski definition) is 4. The molecule has 0 aliphatic rings. The molecule has 0 heterocycles. The normalized spacial score (nSPS) is 12.0. The number of unbranched alkanes of at least 4 members (excludes halogenated alkanes) is 1. The zero-order valence-corrected chi connectivity index (χ0v) is 26.6. The molecule has 0 spiro atoms. The summed E-state index contributed by atoms with van der Waals surface area (Å²) in [5, 5.41) is 3.44. The second-order valence-electron chi connectivity index (χ2n) is 9.92. The Bertz CT molecular complexity index is 1410. The number of sulfonamides is 1. The molecule has 7 nitrogen and oxygen atoms in total. The molecular weight excluding hydrogens is 626 g/mol. The van der Waals surface area contributed by atoms with E-state index in [0.717, 1.165) is 34.7 Å². The van der Waals surface area contributed by atoms with Gasteiger partial charge in [-0.25, -0.2) is 8.42 Å². The number of nitrogens with zero attached hydrogens (tertiary/aromatic N) is 2. The molecule has 0 unspecified atom stereocenters. The molecule has 1 N–H and O–H groups in total. The molecule has 2 amide bonds. The molecule has 3 aromatic rings. The molecule has 0 aliphatic heterocycles. The third-order valence-corrected chi connectivity index (χ3v) is 8.51. The van der Waals surface area contributed by atoms with Crippen molar-refractivity contribution in [3.8, 4) is 0 Å². The Morgan fingerprint density at radius 1 is 0.951 bits per heavy atom. The summed E-state index contributed by atoms with van der Waals surface area (Å²) < 4.78 is 27.3. The summed E-state index contributed by atoms with van der Waals surface area (Å²) in [5.41, 5.74) is 2.26. The molecule has 41 heavy (non-hydrogen) atoms. The highest BCUT2D eigenvalue weighted by molar-refractivity contribution is 9.10. The van der Waals surface area contributed by atoms with E-state index in [-0.39, 0.29) is 37.7 Å². The van der Waals surface area contributed by atoms with E-state index in [0.29, 0.717) is 23.7 Å². The highest BCUT2D eigenvalue weighted by Crippen LogP contribution is 2.23. The summed E-state index contributed by atoms with van der Waals surface area (Å²) in [4.78, 5) is 29.0. The minimum Gasteiger partial charge on any atom is -0.354 e. The molecule has 0 saturated heterocycles. The van der Waals surface area contributed by atoms with Crippen molar-refractivity contribution in [2.24, 2.45) is 0 Å². The van der Waals surface area contributed by atoms with Crippen LogP contribution >= 0.6 is 27.5 Å². The van der Waals surface area contributed by atoms with Crippen LogP contribution in [0.25, 0.3) is 0 Å². The maximum atomic E-state index is 13.9. The standard InChI is InChI=1S/C31H37BrClN3O4S/c1-3-4-18-34-31(38)29(21-24-11-6-5-7-12-24)35(23-25-13-8-14-26(32)20-25)30(37)17-10-19-36(41(2,39)40)28-16-9-15-27(33)22-28/h5-9,11-16,20,22,29H,3-4,10,17-19,21,23H2,1-2H3,(H,34,38)/t29-/m1/s1. The monoisotopic (exact) mass is 661 g/mol. The van der Waals surface area contributed by atoms with Gasteiger partial charge in [0.15, 0.2) is 0 Å². The van der Waals surface area contributed by atoms with Crippen LogP contribution in [0.2, 0.25) is 5.02 Å². The van der Waals surface area contributed by atoms with Gasteiger partial charge in [-0.2, -0.15) is 0 Å². The van der Waals surface area contributed by atoms with E-state index in [1.54, 1.807) is 29.2 Å². The van der Waals surface area contributed by atoms with Crippen LogP contribution in [0, 0.1) is 0 Å². The summed E-state index contributed by atoms with van der Waals surface area (Å²) in [5.74, 6) is -0.432. The van der Waals surface area contributed by atoms with Gasteiger partial charge in [0.2, 0.25) is 21.8 Å². The molecular formula is C31H37BrClN3O4S. The van der Waals surface area contributed by atoms with Gasteiger partial charge >= 0.3 is 0 Å². The quantitative estimate of drug-likeness (QED) is 0.196. The highest BCUT2D eigenvalue weighted by Gasteiger charge is 2.30. The zero-order valence-electron chi connectivity index (χ0n) is 23.4. The van der Waals surface area contributed by atoms with Crippen LogP contribution < -0.4 is 9.62 Å². The predicted molar refractivity (Wildman–Crippen MR) is 169 cm³/mol.